The van der Waals surface area contributed by atoms with Gasteiger partial charge in [-0.25, -0.2) is 18.7 Å². The molecule has 0 spiro atoms. The number of pyridine rings is 3. The zero-order valence-corrected chi connectivity index (χ0v) is 19.0. The zero-order valence-electron chi connectivity index (χ0n) is 19.0. The van der Waals surface area contributed by atoms with E-state index in [-0.39, 0.29) is 34.9 Å². The molecule has 1 aliphatic rings. The van der Waals surface area contributed by atoms with Gasteiger partial charge in [-0.05, 0) is 24.6 Å². The van der Waals surface area contributed by atoms with Crippen LogP contribution in [0.25, 0.3) is 27.7 Å². The second-order valence-corrected chi connectivity index (χ2v) is 8.67. The molecule has 1 fully saturated rings. The number of carbonyl (C=O) groups excluding carboxylic acids is 2. The monoisotopic (exact) mass is 503 g/mol. The molecule has 12 heteroatoms. The molecule has 7 nitrogen and oxygen atoms in total. The quantitative estimate of drug-likeness (QED) is 0.289. The first kappa shape index (κ1) is 23.8. The van der Waals surface area contributed by atoms with Crippen molar-refractivity contribution in [1.29, 1.82) is 0 Å². The first-order valence-corrected chi connectivity index (χ1v) is 11.0. The molecule has 0 aromatic carbocycles. The Morgan fingerprint density at radius 3 is 2.47 bits per heavy atom. The summed E-state index contributed by atoms with van der Waals surface area (Å²) in [5.41, 5.74) is 0.719. The minimum absolute atomic E-state index is 0.0357. The molecule has 0 bridgehead atoms. The average Bonchev–Trinajstić information content (AvgIpc) is 3.24. The van der Waals surface area contributed by atoms with Gasteiger partial charge in [0.05, 0.1) is 5.52 Å². The number of aryl methyl sites for hydroxylation is 1. The van der Waals surface area contributed by atoms with Crippen LogP contribution in [0.15, 0.2) is 36.8 Å². The van der Waals surface area contributed by atoms with Crippen LogP contribution in [0.1, 0.15) is 41.5 Å². The van der Waals surface area contributed by atoms with E-state index in [1.165, 1.54) is 22.9 Å². The number of imidazole rings is 1. The number of ketones is 1. The maximum atomic E-state index is 13.6. The maximum Gasteiger partial charge on any atom is 0.434 e. The van der Waals surface area contributed by atoms with E-state index in [1.54, 1.807) is 26.0 Å². The Kier molecular flexibility index (Phi) is 5.31. The van der Waals surface area contributed by atoms with Crippen LogP contribution in [0.3, 0.4) is 0 Å². The van der Waals surface area contributed by atoms with Gasteiger partial charge in [0.2, 0.25) is 5.91 Å². The van der Waals surface area contributed by atoms with E-state index in [0.717, 1.165) is 6.20 Å². The molecule has 1 amide bonds. The third kappa shape index (κ3) is 4.06. The summed E-state index contributed by atoms with van der Waals surface area (Å²) in [6.45, 7) is 3.41. The average molecular weight is 503 g/mol. The number of rotatable bonds is 5. The van der Waals surface area contributed by atoms with Gasteiger partial charge < -0.3 is 5.32 Å². The van der Waals surface area contributed by atoms with Crippen molar-refractivity contribution in [3.05, 3.63) is 53.7 Å². The lowest BCUT2D eigenvalue weighted by molar-refractivity contribution is -0.140. The van der Waals surface area contributed by atoms with Crippen LogP contribution < -0.4 is 5.32 Å². The van der Waals surface area contributed by atoms with E-state index < -0.39 is 36.0 Å². The summed E-state index contributed by atoms with van der Waals surface area (Å²) in [6.07, 6.45) is -1.48. The summed E-state index contributed by atoms with van der Waals surface area (Å²) in [5.74, 6) is -5.69. The van der Waals surface area contributed by atoms with Crippen LogP contribution in [-0.4, -0.2) is 37.0 Å². The molecule has 4 aromatic heterocycles. The van der Waals surface area contributed by atoms with Crippen molar-refractivity contribution in [3.8, 4) is 11.1 Å². The third-order valence-corrected chi connectivity index (χ3v) is 6.11. The van der Waals surface area contributed by atoms with Gasteiger partial charge in [-0.3, -0.25) is 19.0 Å². The van der Waals surface area contributed by atoms with Gasteiger partial charge in [0.15, 0.2) is 11.5 Å². The van der Waals surface area contributed by atoms with Gasteiger partial charge in [-0.2, -0.15) is 13.2 Å². The van der Waals surface area contributed by atoms with Crippen molar-refractivity contribution in [1.82, 2.24) is 19.4 Å². The number of nitrogens with zero attached hydrogens (tertiary/aromatic N) is 4. The van der Waals surface area contributed by atoms with Crippen LogP contribution >= 0.6 is 0 Å². The molecule has 1 N–H and O–H groups in total. The molecule has 4 heterocycles. The summed E-state index contributed by atoms with van der Waals surface area (Å²) >= 11 is 0. The van der Waals surface area contributed by atoms with Gasteiger partial charge in [-0.1, -0.05) is 6.92 Å². The van der Waals surface area contributed by atoms with Gasteiger partial charge >= 0.3 is 6.18 Å². The van der Waals surface area contributed by atoms with E-state index in [1.807, 2.05) is 0 Å². The van der Waals surface area contributed by atoms with Crippen molar-refractivity contribution in [3.63, 3.8) is 0 Å². The standard InChI is InChI=1S/C24H18F5N5O2/c1-3-18(35)16-4-11(2)14(9-30-16)13-5-12-8-31-20(33-22(36)15-7-23(15,25)26)6-17(12)34-10-19(24(27,28)29)32-21(13)34/h4-6,8-10,15H,3,7H2,1-2H3,(H,31,33,36). The van der Waals surface area contributed by atoms with E-state index in [9.17, 15) is 31.5 Å². The summed E-state index contributed by atoms with van der Waals surface area (Å²) in [6, 6.07) is 4.46. The molecule has 1 atom stereocenters. The lowest BCUT2D eigenvalue weighted by Gasteiger charge is -2.12. The maximum absolute atomic E-state index is 13.6. The number of aromatic nitrogens is 4. The van der Waals surface area contributed by atoms with Crippen LogP contribution in [0.2, 0.25) is 0 Å². The van der Waals surface area contributed by atoms with Crippen molar-refractivity contribution in [2.45, 2.75) is 38.8 Å². The van der Waals surface area contributed by atoms with Gasteiger partial charge in [0.25, 0.3) is 5.92 Å². The second kappa shape index (κ2) is 8.04. The number of anilines is 1. The fraction of sp³-hybridized carbons (Fsp3) is 0.292. The number of alkyl halides is 5. The van der Waals surface area contributed by atoms with Crippen molar-refractivity contribution in [2.24, 2.45) is 5.92 Å². The molecule has 0 aliphatic heterocycles. The fourth-order valence-corrected chi connectivity index (χ4v) is 4.03. The van der Waals surface area contributed by atoms with E-state index in [4.69, 9.17) is 0 Å². The fourth-order valence-electron chi connectivity index (χ4n) is 4.03. The highest BCUT2D eigenvalue weighted by Crippen LogP contribution is 2.49. The molecule has 0 radical (unpaired) electrons. The highest BCUT2D eigenvalue weighted by Gasteiger charge is 2.61. The molecular weight excluding hydrogens is 485 g/mol. The van der Waals surface area contributed by atoms with Gasteiger partial charge in [0.1, 0.15) is 23.1 Å². The molecule has 1 unspecified atom stereocenters. The summed E-state index contributed by atoms with van der Waals surface area (Å²) < 4.78 is 68.4. The molecule has 1 aliphatic carbocycles. The molecule has 1 saturated carbocycles. The number of hydrogen-bond donors (Lipinski definition) is 1. The Labute approximate surface area is 200 Å². The number of Topliss-reactive ketones (excluding diaryl/α,β-unsaturated/α-hetero) is 1. The molecule has 186 valence electrons. The predicted octanol–water partition coefficient (Wildman–Crippen LogP) is 5.46. The number of hydrogen-bond acceptors (Lipinski definition) is 5. The molecular formula is C24H18F5N5O2. The highest BCUT2D eigenvalue weighted by atomic mass is 19.4. The predicted molar refractivity (Wildman–Crippen MR) is 120 cm³/mol. The topological polar surface area (TPSA) is 89.2 Å². The Bertz CT molecular complexity index is 1560. The number of halogens is 5. The minimum atomic E-state index is -4.73. The van der Waals surface area contributed by atoms with Crippen LogP contribution in [0.5, 0.6) is 0 Å². The first-order valence-electron chi connectivity index (χ1n) is 11.0. The number of fused-ring (bicyclic) bond motifs is 3. The lowest BCUT2D eigenvalue weighted by atomic mass is 10.0. The van der Waals surface area contributed by atoms with E-state index in [0.29, 0.717) is 22.1 Å². The van der Waals surface area contributed by atoms with Gasteiger partial charge in [0, 0.05) is 54.0 Å². The zero-order chi connectivity index (χ0) is 26.0. The highest BCUT2D eigenvalue weighted by molar-refractivity contribution is 5.98. The lowest BCUT2D eigenvalue weighted by Crippen LogP contribution is -2.18. The molecule has 36 heavy (non-hydrogen) atoms. The summed E-state index contributed by atoms with van der Waals surface area (Å²) in [4.78, 5) is 36.2. The number of nitrogens with one attached hydrogen (secondary N) is 1. The van der Waals surface area contributed by atoms with E-state index >= 15 is 0 Å². The third-order valence-electron chi connectivity index (χ3n) is 6.11. The van der Waals surface area contributed by atoms with Crippen molar-refractivity contribution in [2.75, 3.05) is 5.32 Å². The molecule has 0 saturated heterocycles. The van der Waals surface area contributed by atoms with Crippen molar-refractivity contribution >= 4 is 34.1 Å². The summed E-state index contributed by atoms with van der Waals surface area (Å²) in [7, 11) is 0. The Hall–Kier alpha value is -3.96. The normalized spacial score (nSPS) is 16.9. The van der Waals surface area contributed by atoms with Crippen molar-refractivity contribution < 1.29 is 31.5 Å². The summed E-state index contributed by atoms with van der Waals surface area (Å²) in [5, 5.41) is 2.71. The minimum Gasteiger partial charge on any atom is -0.310 e. The molecule has 5 rings (SSSR count). The van der Waals surface area contributed by atoms with Gasteiger partial charge in [-0.15, -0.1) is 0 Å². The number of carbonyl (C=O) groups is 2. The Morgan fingerprint density at radius 2 is 1.86 bits per heavy atom. The molecule has 4 aromatic rings. The van der Waals surface area contributed by atoms with Crippen LogP contribution in [-0.2, 0) is 11.0 Å². The largest absolute Gasteiger partial charge is 0.434 e. The Morgan fingerprint density at radius 1 is 1.14 bits per heavy atom. The SMILES string of the molecule is CCC(=O)c1cc(C)c(-c2cc3cnc(NC(=O)C4CC4(F)F)cc3n3cc(C(F)(F)F)nc23)cn1. The Balaban J connectivity index is 1.66. The second-order valence-electron chi connectivity index (χ2n) is 8.67. The van der Waals surface area contributed by atoms with E-state index in [2.05, 4.69) is 20.3 Å². The smallest absolute Gasteiger partial charge is 0.310 e. The number of amides is 1. The van der Waals surface area contributed by atoms with Crippen LogP contribution in [0, 0.1) is 12.8 Å². The van der Waals surface area contributed by atoms with Crippen LogP contribution in [0.4, 0.5) is 27.8 Å². The first-order chi connectivity index (χ1) is 16.9.